The number of aliphatic hydroxyl groups excluding tert-OH is 1. The molecule has 0 spiro atoms. The Morgan fingerprint density at radius 1 is 0.281 bits per heavy atom. The van der Waals surface area contributed by atoms with Gasteiger partial charge in [-0.15, -0.1) is 0 Å². The van der Waals surface area contributed by atoms with Gasteiger partial charge in [0, 0.05) is 25.7 Å². The van der Waals surface area contributed by atoms with Crippen LogP contribution in [0.5, 0.6) is 0 Å². The molecule has 0 aromatic carbocycles. The van der Waals surface area contributed by atoms with E-state index < -0.39 is 97.5 Å². The summed E-state index contributed by atoms with van der Waals surface area (Å²) in [6.45, 7) is 7.30. The van der Waals surface area contributed by atoms with Crippen LogP contribution in [0.3, 0.4) is 0 Å². The molecular weight excluding hydrogens is 1260 g/mol. The van der Waals surface area contributed by atoms with E-state index >= 15 is 0 Å². The lowest BCUT2D eigenvalue weighted by atomic mass is 10.0. The molecule has 3 N–H and O–H groups in total. The monoisotopic (exact) mass is 1410 g/mol. The molecule has 0 aromatic rings. The number of ether oxygens (including phenoxy) is 4. The molecule has 0 aliphatic carbocycles. The largest absolute Gasteiger partial charge is 0.472 e. The highest BCUT2D eigenvalue weighted by Gasteiger charge is 2.30. The van der Waals surface area contributed by atoms with Crippen molar-refractivity contribution in [1.29, 1.82) is 0 Å². The molecule has 0 heterocycles. The number of esters is 4. The zero-order valence-electron chi connectivity index (χ0n) is 62.5. The lowest BCUT2D eigenvalue weighted by Gasteiger charge is -2.21. The molecule has 0 aromatic heterocycles. The smallest absolute Gasteiger partial charge is 0.462 e. The lowest BCUT2D eigenvalue weighted by molar-refractivity contribution is -0.161. The Bertz CT molecular complexity index is 1840. The van der Waals surface area contributed by atoms with Crippen LogP contribution in [0, 0.1) is 5.92 Å². The third-order valence-electron chi connectivity index (χ3n) is 18.0. The Morgan fingerprint density at radius 3 is 0.708 bits per heavy atom. The minimum atomic E-state index is -4.96. The maximum Gasteiger partial charge on any atom is 0.472 e. The number of unbranched alkanes of at least 4 members (excludes halogenated alkanes) is 49. The third-order valence-corrected chi connectivity index (χ3v) is 19.9. The summed E-state index contributed by atoms with van der Waals surface area (Å²) in [5.74, 6) is -1.33. The van der Waals surface area contributed by atoms with Crippen LogP contribution in [0.2, 0.25) is 0 Å². The summed E-state index contributed by atoms with van der Waals surface area (Å²) in [7, 11) is -9.91. The van der Waals surface area contributed by atoms with Crippen LogP contribution >= 0.6 is 15.6 Å². The normalized spacial score (nSPS) is 13.9. The van der Waals surface area contributed by atoms with Crippen LogP contribution in [0.15, 0.2) is 0 Å². The van der Waals surface area contributed by atoms with Crippen molar-refractivity contribution in [3.63, 3.8) is 0 Å². The summed E-state index contributed by atoms with van der Waals surface area (Å²) in [6, 6.07) is 0. The van der Waals surface area contributed by atoms with Gasteiger partial charge in [-0.3, -0.25) is 37.3 Å². The highest BCUT2D eigenvalue weighted by atomic mass is 31.2. The van der Waals surface area contributed by atoms with Gasteiger partial charge in [0.2, 0.25) is 0 Å². The van der Waals surface area contributed by atoms with Crippen molar-refractivity contribution >= 4 is 39.5 Å². The summed E-state index contributed by atoms with van der Waals surface area (Å²) >= 11 is 0. The van der Waals surface area contributed by atoms with Crippen LogP contribution < -0.4 is 0 Å². The van der Waals surface area contributed by atoms with Crippen LogP contribution in [0.25, 0.3) is 0 Å². The maximum atomic E-state index is 13.1. The maximum absolute atomic E-state index is 13.1. The first kappa shape index (κ1) is 94.1. The molecule has 0 saturated heterocycles. The zero-order valence-corrected chi connectivity index (χ0v) is 64.3. The number of aliphatic hydroxyl groups is 1. The molecule has 96 heavy (non-hydrogen) atoms. The number of carbonyl (C=O) groups excluding carboxylic acids is 4. The van der Waals surface area contributed by atoms with Gasteiger partial charge in [-0.05, 0) is 31.6 Å². The van der Waals surface area contributed by atoms with Gasteiger partial charge in [0.15, 0.2) is 12.2 Å². The van der Waals surface area contributed by atoms with E-state index in [1.807, 2.05) is 0 Å². The van der Waals surface area contributed by atoms with E-state index in [4.69, 9.17) is 37.0 Å². The molecule has 5 atom stereocenters. The number of phosphoric acid groups is 2. The van der Waals surface area contributed by atoms with Gasteiger partial charge >= 0.3 is 39.5 Å². The SMILES string of the molecule is CCCCCCCCCCCCCCCCCCCCCC(=O)O[C@H](COC(=O)CCCCCCCCCCCCCCC(C)C)COP(=O)(O)OC[C@@H](O)COP(=O)(O)OC[C@@H](COC(=O)CCCCCCCCCCC)OC(=O)CCCCCCCCCCCCCCC. The van der Waals surface area contributed by atoms with Crippen LogP contribution in [-0.4, -0.2) is 96.7 Å². The van der Waals surface area contributed by atoms with Gasteiger partial charge < -0.3 is 33.8 Å². The summed E-state index contributed by atoms with van der Waals surface area (Å²) < 4.78 is 68.5. The predicted octanol–water partition coefficient (Wildman–Crippen LogP) is 22.9. The highest BCUT2D eigenvalue weighted by molar-refractivity contribution is 7.47. The van der Waals surface area contributed by atoms with Gasteiger partial charge in [0.1, 0.15) is 19.3 Å². The van der Waals surface area contributed by atoms with Crippen LogP contribution in [-0.2, 0) is 65.4 Å². The number of phosphoric ester groups is 2. The van der Waals surface area contributed by atoms with E-state index in [0.29, 0.717) is 25.7 Å². The Kier molecular flexibility index (Phi) is 68.7. The highest BCUT2D eigenvalue weighted by Crippen LogP contribution is 2.45. The van der Waals surface area contributed by atoms with Gasteiger partial charge in [-0.2, -0.15) is 0 Å². The Morgan fingerprint density at radius 2 is 0.479 bits per heavy atom. The zero-order chi connectivity index (χ0) is 70.5. The summed E-state index contributed by atoms with van der Waals surface area (Å²) in [5.41, 5.74) is 0. The number of hydrogen-bond acceptors (Lipinski definition) is 15. The topological polar surface area (TPSA) is 237 Å². The van der Waals surface area contributed by atoms with Crippen molar-refractivity contribution in [3.05, 3.63) is 0 Å². The molecule has 0 saturated carbocycles. The third kappa shape index (κ3) is 70.5. The fraction of sp³-hybridized carbons (Fsp3) is 0.948. The van der Waals surface area contributed by atoms with Crippen molar-refractivity contribution in [1.82, 2.24) is 0 Å². The molecule has 2 unspecified atom stereocenters. The molecule has 0 amide bonds. The van der Waals surface area contributed by atoms with Gasteiger partial charge in [-0.1, -0.05) is 356 Å². The van der Waals surface area contributed by atoms with Gasteiger partial charge in [-0.25, -0.2) is 9.13 Å². The molecule has 0 aliphatic rings. The van der Waals surface area contributed by atoms with Crippen molar-refractivity contribution in [3.8, 4) is 0 Å². The minimum Gasteiger partial charge on any atom is -0.462 e. The van der Waals surface area contributed by atoms with E-state index in [1.165, 1.54) is 231 Å². The van der Waals surface area contributed by atoms with Crippen molar-refractivity contribution < 1.29 is 80.2 Å². The molecule has 17 nitrogen and oxygen atoms in total. The lowest BCUT2D eigenvalue weighted by Crippen LogP contribution is -2.30. The standard InChI is InChI=1S/C77H150O17P2/c1-6-9-12-15-18-21-23-25-26-27-28-29-30-32-38-43-48-53-58-63-77(82)94-73(67-88-75(80)61-56-51-46-41-36-34-33-35-40-44-49-54-59-70(4)5)69-92-96(85,86)90-65-71(78)64-89-95(83,84)91-68-72(66-87-74(79)60-55-50-45-39-20-17-14-11-8-3)93-76(81)62-57-52-47-42-37-31-24-22-19-16-13-10-7-2/h70-73,78H,6-69H2,1-5H3,(H,83,84)(H,85,86)/t71-,72+,73+/m0/s1. The molecule has 0 rings (SSSR count). The summed E-state index contributed by atoms with van der Waals surface area (Å²) in [4.78, 5) is 72.8. The second-order valence-corrected chi connectivity index (χ2v) is 31.1. The molecule has 19 heteroatoms. The molecule has 570 valence electrons. The first-order chi connectivity index (χ1) is 46.5. The van der Waals surface area contributed by atoms with E-state index in [2.05, 4.69) is 34.6 Å². The minimum absolute atomic E-state index is 0.108. The molecule has 0 fully saturated rings. The first-order valence-corrected chi connectivity index (χ1v) is 43.1. The molecule has 0 radical (unpaired) electrons. The predicted molar refractivity (Wildman–Crippen MR) is 391 cm³/mol. The van der Waals surface area contributed by atoms with Crippen molar-refractivity contribution in [2.24, 2.45) is 5.92 Å². The average Bonchev–Trinajstić information content (AvgIpc) is 1.29. The van der Waals surface area contributed by atoms with Crippen molar-refractivity contribution in [2.75, 3.05) is 39.6 Å². The fourth-order valence-electron chi connectivity index (χ4n) is 11.9. The quantitative estimate of drug-likeness (QED) is 0.0222. The Hall–Kier alpha value is -1.94. The van der Waals surface area contributed by atoms with E-state index in [1.54, 1.807) is 0 Å². The second kappa shape index (κ2) is 70.1. The summed E-state index contributed by atoms with van der Waals surface area (Å²) in [6.07, 6.45) is 59.6. The number of carbonyl (C=O) groups is 4. The Balaban J connectivity index is 5.22. The van der Waals surface area contributed by atoms with E-state index in [0.717, 1.165) is 95.8 Å². The molecule has 0 aliphatic heterocycles. The molecule has 0 bridgehead atoms. The number of hydrogen-bond donors (Lipinski definition) is 3. The van der Waals surface area contributed by atoms with Crippen LogP contribution in [0.1, 0.15) is 407 Å². The van der Waals surface area contributed by atoms with Gasteiger partial charge in [0.05, 0.1) is 26.4 Å². The average molecular weight is 1410 g/mol. The second-order valence-electron chi connectivity index (χ2n) is 28.2. The fourth-order valence-corrected chi connectivity index (χ4v) is 13.5. The Labute approximate surface area is 588 Å². The first-order valence-electron chi connectivity index (χ1n) is 40.1. The van der Waals surface area contributed by atoms with Crippen LogP contribution in [0.4, 0.5) is 0 Å². The summed E-state index contributed by atoms with van der Waals surface area (Å²) in [5, 5.41) is 10.6. The van der Waals surface area contributed by atoms with Crippen molar-refractivity contribution in [2.45, 2.75) is 425 Å². The van der Waals surface area contributed by atoms with E-state index in [9.17, 15) is 43.2 Å². The molecular formula is C77H150O17P2. The number of rotatable bonds is 77. The van der Waals surface area contributed by atoms with Gasteiger partial charge in [0.25, 0.3) is 0 Å². The van der Waals surface area contributed by atoms with E-state index in [-0.39, 0.29) is 25.7 Å².